The van der Waals surface area contributed by atoms with Crippen LogP contribution in [0.5, 0.6) is 0 Å². The molecule has 0 radical (unpaired) electrons. The van der Waals surface area contributed by atoms with Crippen LogP contribution in [0.15, 0.2) is 0 Å². The van der Waals surface area contributed by atoms with Crippen LogP contribution >= 0.6 is 0 Å². The molecule has 3 saturated heterocycles. The van der Waals surface area contributed by atoms with E-state index in [2.05, 4.69) is 0 Å². The lowest BCUT2D eigenvalue weighted by molar-refractivity contribution is -0.380. The van der Waals surface area contributed by atoms with E-state index in [0.717, 1.165) is 96.8 Å². The summed E-state index contributed by atoms with van der Waals surface area (Å²) in [5, 5.41) is 106. The van der Waals surface area contributed by atoms with Crippen LogP contribution in [-0.2, 0) is 52.3 Å². The molecule has 17 atom stereocenters. The molecule has 410 valence electrons. The number of carboxylic acid groups (broad SMARTS) is 1. The normalized spacial score (nSPS) is 31.2. The first-order valence-corrected chi connectivity index (χ1v) is 25.9. The Morgan fingerprint density at radius 2 is 1.07 bits per heavy atom. The minimum Gasteiger partial charge on any atom is -0.479 e. The van der Waals surface area contributed by atoms with Gasteiger partial charge in [-0.05, 0) is 44.4 Å². The number of hydrogen-bond donors (Lipinski definition) is 10. The maximum atomic E-state index is 12.4. The first-order valence-electron chi connectivity index (χ1n) is 25.9. The van der Waals surface area contributed by atoms with Gasteiger partial charge in [-0.15, -0.1) is 0 Å². The number of carboxylic acids is 1. The van der Waals surface area contributed by atoms with Crippen molar-refractivity contribution in [1.29, 1.82) is 0 Å². The highest BCUT2D eigenvalue weighted by Crippen LogP contribution is 2.33. The zero-order chi connectivity index (χ0) is 51.8. The van der Waals surface area contributed by atoms with Crippen molar-refractivity contribution in [1.82, 2.24) is 0 Å². The fraction of sp³-hybridized carbons (Fsp3) is 0.939. The summed E-state index contributed by atoms with van der Waals surface area (Å²) in [5.74, 6) is -2.62. The van der Waals surface area contributed by atoms with Crippen LogP contribution in [0.4, 0.5) is 0 Å². The third kappa shape index (κ3) is 22.1. The second-order valence-electron chi connectivity index (χ2n) is 19.7. The molecule has 70 heavy (non-hydrogen) atoms. The first-order chi connectivity index (χ1) is 33.3. The van der Waals surface area contributed by atoms with Crippen molar-refractivity contribution in [3.8, 4) is 0 Å². The van der Waals surface area contributed by atoms with Gasteiger partial charge in [0.2, 0.25) is 0 Å². The molecule has 0 aromatic heterocycles. The molecule has 3 heterocycles. The van der Waals surface area contributed by atoms with Gasteiger partial charge in [0.25, 0.3) is 0 Å². The zero-order valence-corrected chi connectivity index (χ0v) is 41.8. The summed E-state index contributed by atoms with van der Waals surface area (Å²) in [6, 6.07) is 0. The Morgan fingerprint density at radius 1 is 0.586 bits per heavy atom. The molecule has 3 fully saturated rings. The Kier molecular flexibility index (Phi) is 29.8. The van der Waals surface area contributed by atoms with Crippen LogP contribution in [-0.4, -0.2) is 193 Å². The predicted octanol–water partition coefficient (Wildman–Crippen LogP) is 2.26. The van der Waals surface area contributed by atoms with Gasteiger partial charge in [0.15, 0.2) is 31.1 Å². The van der Waals surface area contributed by atoms with Crippen LogP contribution in [0.2, 0.25) is 0 Å². The Morgan fingerprint density at radius 3 is 1.60 bits per heavy atom. The third-order valence-electron chi connectivity index (χ3n) is 13.1. The van der Waals surface area contributed by atoms with Crippen molar-refractivity contribution in [2.75, 3.05) is 19.8 Å². The van der Waals surface area contributed by atoms with E-state index in [4.69, 9.17) is 43.0 Å². The van der Waals surface area contributed by atoms with Gasteiger partial charge in [-0.2, -0.15) is 0 Å². The highest BCUT2D eigenvalue weighted by molar-refractivity contribution is 5.71. The molecule has 0 aromatic rings. The lowest BCUT2D eigenvalue weighted by Gasteiger charge is -2.46. The summed E-state index contributed by atoms with van der Waals surface area (Å²) in [6.45, 7) is 5.41. The fourth-order valence-electron chi connectivity index (χ4n) is 8.85. The SMILES string of the molecule is CCCCC(CCC[C@H](O)C(O)CCCCCCCCCCCCCC[C@@H](O)C(=O)O)OC1OC[C@H](O)[C@@H](O)[C@@H]1O[C@H]1OC[C@H](O)[C@@H](O)[C@@H]1O[C@H]1O[C@@H](COC(=O)CC(C)C)[C@H](OC(C)=O)[C@@H](O)[C@@H]1O. The molecule has 3 aliphatic heterocycles. The average molecular weight is 1010 g/mol. The van der Waals surface area contributed by atoms with E-state index < -0.39 is 135 Å². The number of rotatable bonds is 35. The van der Waals surface area contributed by atoms with Crippen molar-refractivity contribution in [2.24, 2.45) is 5.92 Å². The van der Waals surface area contributed by atoms with E-state index in [1.165, 1.54) is 0 Å². The Balaban J connectivity index is 1.52. The van der Waals surface area contributed by atoms with Gasteiger partial charge < -0.3 is 89.0 Å². The maximum absolute atomic E-state index is 12.4. The number of carbonyl (C=O) groups is 3. The monoisotopic (exact) mass is 1010 g/mol. The number of aliphatic hydroxyl groups is 9. The van der Waals surface area contributed by atoms with Crippen LogP contribution < -0.4 is 0 Å². The molecule has 10 N–H and O–H groups in total. The standard InChI is InChI=1S/C49H88O21/c1-5-6-20-31(21-19-24-33(52)32(51)22-17-15-13-11-9-7-8-10-12-14-16-18-23-34(53)46(61)62)67-48-44(39(57)35(54)26-64-48)70-49-45(40(58)36(55)27-65-49)69-47-42(60)41(59)43(66-30(4)50)37(68-47)28-63-38(56)25-29(2)3/h29,31-37,39-45,47-49,51-55,57-60H,5-28H2,1-4H3,(H,61,62)/t31?,32?,33-,34+,35-,36-,37-,39+,40+,41-,42-,43-,44-,45-,47+,48?,49+/m0/s1. The summed E-state index contributed by atoms with van der Waals surface area (Å²) in [7, 11) is 0. The summed E-state index contributed by atoms with van der Waals surface area (Å²) < 4.78 is 46.5. The van der Waals surface area contributed by atoms with Gasteiger partial charge in [-0.1, -0.05) is 111 Å². The average Bonchev–Trinajstić information content (AvgIpc) is 3.31. The molecule has 3 aliphatic rings. The molecule has 0 spiro atoms. The minimum absolute atomic E-state index is 0.0403. The van der Waals surface area contributed by atoms with Crippen LogP contribution in [0.1, 0.15) is 163 Å². The third-order valence-corrected chi connectivity index (χ3v) is 13.1. The van der Waals surface area contributed by atoms with Crippen LogP contribution in [0.3, 0.4) is 0 Å². The summed E-state index contributed by atoms with van der Waals surface area (Å²) in [6.07, 6.45) is -7.77. The lowest BCUT2D eigenvalue weighted by Crippen LogP contribution is -2.65. The Bertz CT molecular complexity index is 1440. The molecule has 0 aromatic carbocycles. The van der Waals surface area contributed by atoms with E-state index in [-0.39, 0.29) is 18.9 Å². The van der Waals surface area contributed by atoms with Crippen LogP contribution in [0, 0.1) is 5.92 Å². The topological polar surface area (TPSA) is 327 Å². The van der Waals surface area contributed by atoms with E-state index in [1.807, 2.05) is 6.92 Å². The first kappa shape index (κ1) is 62.1. The van der Waals surface area contributed by atoms with Gasteiger partial charge in [0.05, 0.1) is 31.5 Å². The highest BCUT2D eigenvalue weighted by Gasteiger charge is 2.52. The number of aliphatic carboxylic acids is 1. The number of aliphatic hydroxyl groups excluding tert-OH is 9. The molecular formula is C49H88O21. The molecule has 0 aliphatic carbocycles. The Labute approximate surface area is 413 Å². The van der Waals surface area contributed by atoms with Crippen LogP contribution in [0.25, 0.3) is 0 Å². The van der Waals surface area contributed by atoms with E-state index in [1.54, 1.807) is 13.8 Å². The number of esters is 2. The molecule has 3 unspecified atom stereocenters. The molecule has 3 rings (SSSR count). The molecule has 0 bridgehead atoms. The van der Waals surface area contributed by atoms with Gasteiger partial charge in [0.1, 0.15) is 61.5 Å². The van der Waals surface area contributed by atoms with E-state index in [9.17, 15) is 60.3 Å². The molecule has 0 saturated carbocycles. The van der Waals surface area contributed by atoms with Gasteiger partial charge in [-0.25, -0.2) is 4.79 Å². The second-order valence-corrected chi connectivity index (χ2v) is 19.7. The highest BCUT2D eigenvalue weighted by atomic mass is 16.8. The van der Waals surface area contributed by atoms with Crippen molar-refractivity contribution in [3.63, 3.8) is 0 Å². The summed E-state index contributed by atoms with van der Waals surface area (Å²) >= 11 is 0. The zero-order valence-electron chi connectivity index (χ0n) is 41.8. The molecular weight excluding hydrogens is 925 g/mol. The fourth-order valence-corrected chi connectivity index (χ4v) is 8.85. The van der Waals surface area contributed by atoms with Gasteiger partial charge in [-0.3, -0.25) is 9.59 Å². The number of carbonyl (C=O) groups excluding carboxylic acids is 2. The van der Waals surface area contributed by atoms with Gasteiger partial charge in [0, 0.05) is 13.3 Å². The van der Waals surface area contributed by atoms with Crippen molar-refractivity contribution in [3.05, 3.63) is 0 Å². The lowest BCUT2D eigenvalue weighted by atomic mass is 9.98. The maximum Gasteiger partial charge on any atom is 0.332 e. The molecule has 0 amide bonds. The largest absolute Gasteiger partial charge is 0.479 e. The number of hydrogen-bond acceptors (Lipinski definition) is 20. The Hall–Kier alpha value is -2.19. The summed E-state index contributed by atoms with van der Waals surface area (Å²) in [5.41, 5.74) is 0. The number of ether oxygens (including phenoxy) is 8. The van der Waals surface area contributed by atoms with Gasteiger partial charge >= 0.3 is 17.9 Å². The van der Waals surface area contributed by atoms with E-state index in [0.29, 0.717) is 38.5 Å². The van der Waals surface area contributed by atoms with Crippen molar-refractivity contribution >= 4 is 17.9 Å². The smallest absolute Gasteiger partial charge is 0.332 e. The summed E-state index contributed by atoms with van der Waals surface area (Å²) in [4.78, 5) is 35.0. The molecule has 21 heteroatoms. The number of unbranched alkanes of at least 4 members (excludes halogenated alkanes) is 12. The molecule has 21 nitrogen and oxygen atoms in total. The second kappa shape index (κ2) is 33.6. The minimum atomic E-state index is -1.91. The van der Waals surface area contributed by atoms with E-state index >= 15 is 0 Å². The predicted molar refractivity (Wildman–Crippen MR) is 248 cm³/mol. The van der Waals surface area contributed by atoms with Crippen molar-refractivity contribution < 1.29 is 103 Å². The quantitative estimate of drug-likeness (QED) is 0.0321. The van der Waals surface area contributed by atoms with Crippen molar-refractivity contribution in [2.45, 2.75) is 267 Å².